The number of hydrogen-bond acceptors (Lipinski definition) is 3. The van der Waals surface area contributed by atoms with E-state index in [1.54, 1.807) is 48.3 Å². The van der Waals surface area contributed by atoms with Gasteiger partial charge in [-0.25, -0.2) is 0 Å². The van der Waals surface area contributed by atoms with Crippen LogP contribution in [0.4, 0.5) is 5.82 Å². The van der Waals surface area contributed by atoms with Gasteiger partial charge in [-0.05, 0) is 28.1 Å². The summed E-state index contributed by atoms with van der Waals surface area (Å²) in [6, 6.07) is 3.55. The summed E-state index contributed by atoms with van der Waals surface area (Å²) in [5, 5.41) is 4.07. The molecule has 0 N–H and O–H groups in total. The Labute approximate surface area is 107 Å². The van der Waals surface area contributed by atoms with Crippen LogP contribution in [0.5, 0.6) is 0 Å². The summed E-state index contributed by atoms with van der Waals surface area (Å²) < 4.78 is 7.58. The predicted molar refractivity (Wildman–Crippen MR) is 66.7 cm³/mol. The summed E-state index contributed by atoms with van der Waals surface area (Å²) in [5.41, 5.74) is 0. The highest BCUT2D eigenvalue weighted by Crippen LogP contribution is 2.24. The number of aromatic nitrogens is 2. The van der Waals surface area contributed by atoms with Gasteiger partial charge in [-0.1, -0.05) is 0 Å². The van der Waals surface area contributed by atoms with Crippen molar-refractivity contribution in [1.82, 2.24) is 9.78 Å². The van der Waals surface area contributed by atoms with Crippen molar-refractivity contribution < 1.29 is 9.21 Å². The van der Waals surface area contributed by atoms with E-state index in [1.165, 1.54) is 0 Å². The molecule has 0 aliphatic carbocycles. The first-order chi connectivity index (χ1) is 8.09. The van der Waals surface area contributed by atoms with Crippen LogP contribution in [0.2, 0.25) is 0 Å². The summed E-state index contributed by atoms with van der Waals surface area (Å²) in [7, 11) is 3.50. The Morgan fingerprint density at radius 1 is 1.65 bits per heavy atom. The fourth-order valence-electron chi connectivity index (χ4n) is 1.58. The number of amides is 1. The molecule has 0 fully saturated rings. The van der Waals surface area contributed by atoms with Crippen LogP contribution in [0.1, 0.15) is 5.76 Å². The molecule has 2 rings (SSSR count). The number of nitrogens with zero attached hydrogens (tertiary/aromatic N) is 3. The molecule has 0 saturated heterocycles. The fourth-order valence-corrected chi connectivity index (χ4v) is 2.19. The molecule has 0 aliphatic heterocycles. The molecule has 0 aliphatic rings. The van der Waals surface area contributed by atoms with Crippen LogP contribution in [-0.2, 0) is 18.3 Å². The molecule has 0 unspecified atom stereocenters. The van der Waals surface area contributed by atoms with Crippen molar-refractivity contribution in [2.45, 2.75) is 6.42 Å². The van der Waals surface area contributed by atoms with Crippen molar-refractivity contribution in [2.75, 3.05) is 11.9 Å². The van der Waals surface area contributed by atoms with Gasteiger partial charge in [-0.2, -0.15) is 5.10 Å². The zero-order valence-corrected chi connectivity index (χ0v) is 11.1. The number of halogens is 1. The third-order valence-electron chi connectivity index (χ3n) is 2.46. The van der Waals surface area contributed by atoms with Crippen LogP contribution in [0.15, 0.2) is 33.5 Å². The van der Waals surface area contributed by atoms with Gasteiger partial charge in [-0.15, -0.1) is 0 Å². The fraction of sp³-hybridized carbons (Fsp3) is 0.273. The first kappa shape index (κ1) is 11.9. The number of carbonyl (C=O) groups excluding carboxylic acids is 1. The number of hydrogen-bond donors (Lipinski definition) is 0. The van der Waals surface area contributed by atoms with Crippen molar-refractivity contribution in [3.63, 3.8) is 0 Å². The van der Waals surface area contributed by atoms with Crippen LogP contribution in [-0.4, -0.2) is 22.7 Å². The number of aryl methyl sites for hydroxylation is 1. The summed E-state index contributed by atoms with van der Waals surface area (Å²) in [6.45, 7) is 0. The highest BCUT2D eigenvalue weighted by Gasteiger charge is 2.18. The molecule has 0 atom stereocenters. The minimum absolute atomic E-state index is 0.0516. The zero-order chi connectivity index (χ0) is 12.4. The summed E-state index contributed by atoms with van der Waals surface area (Å²) in [6.07, 6.45) is 3.45. The van der Waals surface area contributed by atoms with Gasteiger partial charge in [0.05, 0.1) is 23.4 Å². The van der Waals surface area contributed by atoms with Gasteiger partial charge in [0.15, 0.2) is 0 Å². The molecule has 0 aromatic carbocycles. The third kappa shape index (κ3) is 2.41. The van der Waals surface area contributed by atoms with Crippen molar-refractivity contribution in [2.24, 2.45) is 7.05 Å². The average Bonchev–Trinajstić information content (AvgIpc) is 2.89. The van der Waals surface area contributed by atoms with Gasteiger partial charge >= 0.3 is 0 Å². The largest absolute Gasteiger partial charge is 0.469 e. The predicted octanol–water partition coefficient (Wildman–Crippen LogP) is 1.98. The molecule has 17 heavy (non-hydrogen) atoms. The van der Waals surface area contributed by atoms with Gasteiger partial charge in [0.2, 0.25) is 5.91 Å². The number of anilines is 1. The Bertz CT molecular complexity index is 499. The standard InChI is InChI=1S/C11H12BrN3O2/c1-14(11-9(12)7-13-15(11)2)10(16)6-8-4-3-5-17-8/h3-5,7H,6H2,1-2H3. The molecule has 90 valence electrons. The van der Waals surface area contributed by atoms with E-state index in [-0.39, 0.29) is 12.3 Å². The Morgan fingerprint density at radius 3 is 2.94 bits per heavy atom. The van der Waals surface area contributed by atoms with Crippen molar-refractivity contribution in [3.8, 4) is 0 Å². The third-order valence-corrected chi connectivity index (χ3v) is 3.02. The maximum Gasteiger partial charge on any atom is 0.235 e. The lowest BCUT2D eigenvalue weighted by Crippen LogP contribution is -2.29. The zero-order valence-electron chi connectivity index (χ0n) is 9.55. The van der Waals surface area contributed by atoms with Gasteiger partial charge in [0.1, 0.15) is 11.6 Å². The van der Waals surface area contributed by atoms with E-state index in [0.29, 0.717) is 5.76 Å². The maximum absolute atomic E-state index is 12.0. The lowest BCUT2D eigenvalue weighted by Gasteiger charge is -2.17. The van der Waals surface area contributed by atoms with Crippen LogP contribution < -0.4 is 4.90 Å². The minimum atomic E-state index is -0.0516. The van der Waals surface area contributed by atoms with Gasteiger partial charge in [-0.3, -0.25) is 14.4 Å². The maximum atomic E-state index is 12.0. The van der Waals surface area contributed by atoms with Crippen molar-refractivity contribution >= 4 is 27.7 Å². The number of furan rings is 1. The molecule has 0 saturated carbocycles. The van der Waals surface area contributed by atoms with E-state index in [2.05, 4.69) is 21.0 Å². The Hall–Kier alpha value is -1.56. The second-order valence-corrected chi connectivity index (χ2v) is 4.50. The average molecular weight is 298 g/mol. The molecule has 6 heteroatoms. The van der Waals surface area contributed by atoms with E-state index >= 15 is 0 Å². The minimum Gasteiger partial charge on any atom is -0.469 e. The SMILES string of the molecule is CN(C(=O)Cc1ccco1)c1c(Br)cnn1C. The normalized spacial score (nSPS) is 10.5. The highest BCUT2D eigenvalue weighted by molar-refractivity contribution is 9.10. The van der Waals surface area contributed by atoms with Crippen LogP contribution in [0.25, 0.3) is 0 Å². The summed E-state index contributed by atoms with van der Waals surface area (Å²) >= 11 is 3.36. The van der Waals surface area contributed by atoms with Gasteiger partial charge < -0.3 is 4.42 Å². The highest BCUT2D eigenvalue weighted by atomic mass is 79.9. The quantitative estimate of drug-likeness (QED) is 0.870. The molecule has 2 aromatic rings. The van der Waals surface area contributed by atoms with Crippen molar-refractivity contribution in [1.29, 1.82) is 0 Å². The van der Waals surface area contributed by atoms with Gasteiger partial charge in [0, 0.05) is 14.1 Å². The molecular weight excluding hydrogens is 286 g/mol. The molecule has 0 spiro atoms. The molecular formula is C11H12BrN3O2. The Morgan fingerprint density at radius 2 is 2.41 bits per heavy atom. The van der Waals surface area contributed by atoms with Crippen LogP contribution in [0, 0.1) is 0 Å². The summed E-state index contributed by atoms with van der Waals surface area (Å²) in [4.78, 5) is 13.6. The van der Waals surface area contributed by atoms with Crippen LogP contribution >= 0.6 is 15.9 Å². The lowest BCUT2D eigenvalue weighted by atomic mass is 10.3. The second-order valence-electron chi connectivity index (χ2n) is 3.65. The van der Waals surface area contributed by atoms with Crippen molar-refractivity contribution in [3.05, 3.63) is 34.8 Å². The monoisotopic (exact) mass is 297 g/mol. The molecule has 2 heterocycles. The number of carbonyl (C=O) groups is 1. The Kier molecular flexibility index (Phi) is 3.33. The van der Waals surface area contributed by atoms with E-state index in [0.717, 1.165) is 10.3 Å². The van der Waals surface area contributed by atoms with E-state index in [4.69, 9.17) is 4.42 Å². The molecule has 1 amide bonds. The van der Waals surface area contributed by atoms with E-state index in [9.17, 15) is 4.79 Å². The smallest absolute Gasteiger partial charge is 0.235 e. The van der Waals surface area contributed by atoms with Crippen LogP contribution in [0.3, 0.4) is 0 Å². The number of likely N-dealkylation sites (N-methyl/N-ethyl adjacent to an activating group) is 1. The van der Waals surface area contributed by atoms with Gasteiger partial charge in [0.25, 0.3) is 0 Å². The Balaban J connectivity index is 2.15. The first-order valence-electron chi connectivity index (χ1n) is 5.06. The second kappa shape index (κ2) is 4.75. The lowest BCUT2D eigenvalue weighted by molar-refractivity contribution is -0.118. The van der Waals surface area contributed by atoms with E-state index < -0.39 is 0 Å². The first-order valence-corrected chi connectivity index (χ1v) is 5.85. The molecule has 2 aromatic heterocycles. The summed E-state index contributed by atoms with van der Waals surface area (Å²) in [5.74, 6) is 1.32. The van der Waals surface area contributed by atoms with E-state index in [1.807, 2.05) is 0 Å². The molecule has 5 nitrogen and oxygen atoms in total. The molecule has 0 bridgehead atoms. The number of rotatable bonds is 3. The topological polar surface area (TPSA) is 51.3 Å². The molecule has 0 radical (unpaired) electrons.